The fourth-order valence-electron chi connectivity index (χ4n) is 2.84. The Hall–Kier alpha value is -2.14. The molecule has 5 heteroatoms. The molecule has 2 aromatic rings. The van der Waals surface area contributed by atoms with Crippen LogP contribution in [0, 0.1) is 13.8 Å². The molecule has 1 atom stereocenters. The van der Waals surface area contributed by atoms with E-state index in [2.05, 4.69) is 10.4 Å². The zero-order valence-electron chi connectivity index (χ0n) is 15.8. The van der Waals surface area contributed by atoms with E-state index in [-0.39, 0.29) is 11.9 Å². The zero-order chi connectivity index (χ0) is 18.6. The van der Waals surface area contributed by atoms with E-state index in [0.29, 0.717) is 18.5 Å². The van der Waals surface area contributed by atoms with E-state index in [1.165, 1.54) is 0 Å². The minimum Gasteiger partial charge on any atom is -0.390 e. The van der Waals surface area contributed by atoms with Gasteiger partial charge in [-0.05, 0) is 71.2 Å². The Kier molecular flexibility index (Phi) is 6.01. The van der Waals surface area contributed by atoms with Crippen molar-refractivity contribution < 1.29 is 9.90 Å². The van der Waals surface area contributed by atoms with Crippen LogP contribution in [0.5, 0.6) is 0 Å². The van der Waals surface area contributed by atoms with Crippen molar-refractivity contribution in [1.29, 1.82) is 0 Å². The maximum atomic E-state index is 12.4. The van der Waals surface area contributed by atoms with Crippen LogP contribution in [-0.2, 0) is 6.42 Å². The summed E-state index contributed by atoms with van der Waals surface area (Å²) in [7, 11) is 0. The zero-order valence-corrected chi connectivity index (χ0v) is 15.8. The van der Waals surface area contributed by atoms with Crippen LogP contribution >= 0.6 is 0 Å². The Labute approximate surface area is 150 Å². The molecule has 0 saturated carbocycles. The molecular formula is C20H29N3O2. The van der Waals surface area contributed by atoms with Gasteiger partial charge in [0.05, 0.1) is 17.3 Å². The second kappa shape index (κ2) is 7.83. The molecule has 0 aliphatic carbocycles. The highest BCUT2D eigenvalue weighted by atomic mass is 16.3. The van der Waals surface area contributed by atoms with Crippen molar-refractivity contribution in [3.05, 3.63) is 52.8 Å². The largest absolute Gasteiger partial charge is 0.390 e. The number of amides is 1. The molecule has 2 rings (SSSR count). The van der Waals surface area contributed by atoms with Gasteiger partial charge < -0.3 is 10.4 Å². The topological polar surface area (TPSA) is 67.2 Å². The molecular weight excluding hydrogens is 314 g/mol. The predicted octanol–water partition coefficient (Wildman–Crippen LogP) is 3.19. The van der Waals surface area contributed by atoms with Crippen molar-refractivity contribution in [3.8, 4) is 0 Å². The van der Waals surface area contributed by atoms with E-state index in [1.807, 2.05) is 55.8 Å². The Bertz CT molecular complexity index is 729. The Morgan fingerprint density at radius 3 is 2.64 bits per heavy atom. The summed E-state index contributed by atoms with van der Waals surface area (Å²) in [6, 6.07) is 9.72. The summed E-state index contributed by atoms with van der Waals surface area (Å²) in [6.07, 6.45) is 1.40. The standard InChI is InChI=1S/C20H29N3O2/c1-14-11-15(2)23(22-14)16(3)13-21-19(24)18-8-6-7-17(12-18)9-10-20(4,5)25/h6-8,11-12,16,25H,9-10,13H2,1-5H3,(H,21,24)/t16-/m0/s1. The number of benzene rings is 1. The van der Waals surface area contributed by atoms with Crippen LogP contribution in [-0.4, -0.2) is 32.9 Å². The summed E-state index contributed by atoms with van der Waals surface area (Å²) in [5, 5.41) is 17.3. The van der Waals surface area contributed by atoms with E-state index in [4.69, 9.17) is 0 Å². The highest BCUT2D eigenvalue weighted by Crippen LogP contribution is 2.15. The van der Waals surface area contributed by atoms with Crippen molar-refractivity contribution >= 4 is 5.91 Å². The Morgan fingerprint density at radius 2 is 2.04 bits per heavy atom. The van der Waals surface area contributed by atoms with E-state index < -0.39 is 5.60 Å². The number of aryl methyl sites for hydroxylation is 3. The molecule has 1 aromatic heterocycles. The first-order valence-corrected chi connectivity index (χ1v) is 8.78. The summed E-state index contributed by atoms with van der Waals surface area (Å²) in [4.78, 5) is 12.4. The van der Waals surface area contributed by atoms with Crippen molar-refractivity contribution in [1.82, 2.24) is 15.1 Å². The smallest absolute Gasteiger partial charge is 0.251 e. The van der Waals surface area contributed by atoms with Gasteiger partial charge in [-0.25, -0.2) is 0 Å². The summed E-state index contributed by atoms with van der Waals surface area (Å²) in [5.41, 5.74) is 3.08. The third kappa shape index (κ3) is 5.71. The van der Waals surface area contributed by atoms with Crippen LogP contribution in [0.25, 0.3) is 0 Å². The van der Waals surface area contributed by atoms with Crippen molar-refractivity contribution in [3.63, 3.8) is 0 Å². The maximum absolute atomic E-state index is 12.4. The first-order chi connectivity index (χ1) is 11.7. The number of aromatic nitrogens is 2. The summed E-state index contributed by atoms with van der Waals surface area (Å²) in [6.45, 7) is 10.1. The molecule has 5 nitrogen and oxygen atoms in total. The van der Waals surface area contributed by atoms with Gasteiger partial charge in [-0.2, -0.15) is 5.10 Å². The highest BCUT2D eigenvalue weighted by Gasteiger charge is 2.14. The monoisotopic (exact) mass is 343 g/mol. The van der Waals surface area contributed by atoms with Gasteiger partial charge in [0.25, 0.3) is 5.91 Å². The first kappa shape index (κ1) is 19.2. The molecule has 1 heterocycles. The van der Waals surface area contributed by atoms with Gasteiger partial charge in [-0.1, -0.05) is 12.1 Å². The number of carbonyl (C=O) groups is 1. The number of nitrogens with zero attached hydrogens (tertiary/aromatic N) is 2. The molecule has 0 unspecified atom stereocenters. The number of aliphatic hydroxyl groups is 1. The van der Waals surface area contributed by atoms with Crippen LogP contribution in [0.4, 0.5) is 0 Å². The molecule has 0 saturated heterocycles. The van der Waals surface area contributed by atoms with Gasteiger partial charge >= 0.3 is 0 Å². The summed E-state index contributed by atoms with van der Waals surface area (Å²) < 4.78 is 1.94. The van der Waals surface area contributed by atoms with E-state index in [9.17, 15) is 9.90 Å². The minimum absolute atomic E-state index is 0.0847. The molecule has 1 aromatic carbocycles. The quantitative estimate of drug-likeness (QED) is 0.811. The van der Waals surface area contributed by atoms with E-state index in [0.717, 1.165) is 23.4 Å². The second-order valence-electron chi connectivity index (χ2n) is 7.44. The third-order valence-electron chi connectivity index (χ3n) is 4.23. The predicted molar refractivity (Wildman–Crippen MR) is 99.8 cm³/mol. The molecule has 0 fully saturated rings. The third-order valence-corrected chi connectivity index (χ3v) is 4.23. The summed E-state index contributed by atoms with van der Waals surface area (Å²) in [5.74, 6) is -0.0847. The number of hydrogen-bond donors (Lipinski definition) is 2. The van der Waals surface area contributed by atoms with Gasteiger partial charge in [0.15, 0.2) is 0 Å². The lowest BCUT2D eigenvalue weighted by molar-refractivity contribution is 0.0714. The van der Waals surface area contributed by atoms with Gasteiger partial charge in [0.2, 0.25) is 0 Å². The lowest BCUT2D eigenvalue weighted by Crippen LogP contribution is -2.30. The van der Waals surface area contributed by atoms with Crippen LogP contribution in [0.1, 0.15) is 60.5 Å². The van der Waals surface area contributed by atoms with Crippen LogP contribution in [0.2, 0.25) is 0 Å². The fourth-order valence-corrected chi connectivity index (χ4v) is 2.84. The van der Waals surface area contributed by atoms with Crippen LogP contribution < -0.4 is 5.32 Å². The van der Waals surface area contributed by atoms with Crippen LogP contribution in [0.15, 0.2) is 30.3 Å². The average molecular weight is 343 g/mol. The van der Waals surface area contributed by atoms with Crippen molar-refractivity contribution in [2.24, 2.45) is 0 Å². The minimum atomic E-state index is -0.701. The number of carbonyl (C=O) groups excluding carboxylic acids is 1. The molecule has 136 valence electrons. The normalized spacial score (nSPS) is 12.9. The van der Waals surface area contributed by atoms with E-state index in [1.54, 1.807) is 13.8 Å². The number of rotatable bonds is 7. The molecule has 0 aliphatic rings. The number of hydrogen-bond acceptors (Lipinski definition) is 3. The average Bonchev–Trinajstić information content (AvgIpc) is 2.88. The highest BCUT2D eigenvalue weighted by molar-refractivity contribution is 5.94. The molecule has 0 spiro atoms. The van der Waals surface area contributed by atoms with Gasteiger partial charge in [0, 0.05) is 17.8 Å². The lowest BCUT2D eigenvalue weighted by Gasteiger charge is -2.17. The maximum Gasteiger partial charge on any atom is 0.251 e. The molecule has 25 heavy (non-hydrogen) atoms. The van der Waals surface area contributed by atoms with Crippen molar-refractivity contribution in [2.45, 2.75) is 59.1 Å². The molecule has 2 N–H and O–H groups in total. The molecule has 0 radical (unpaired) electrons. The number of nitrogens with one attached hydrogen (secondary N) is 1. The van der Waals surface area contributed by atoms with E-state index >= 15 is 0 Å². The molecule has 0 aliphatic heterocycles. The lowest BCUT2D eigenvalue weighted by atomic mass is 9.98. The fraction of sp³-hybridized carbons (Fsp3) is 0.500. The van der Waals surface area contributed by atoms with Gasteiger partial charge in [-0.15, -0.1) is 0 Å². The summed E-state index contributed by atoms with van der Waals surface area (Å²) >= 11 is 0. The Balaban J connectivity index is 1.95. The Morgan fingerprint density at radius 1 is 1.32 bits per heavy atom. The van der Waals surface area contributed by atoms with Gasteiger partial charge in [0.1, 0.15) is 0 Å². The second-order valence-corrected chi connectivity index (χ2v) is 7.44. The molecule has 0 bridgehead atoms. The first-order valence-electron chi connectivity index (χ1n) is 8.78. The van der Waals surface area contributed by atoms with Gasteiger partial charge in [-0.3, -0.25) is 9.48 Å². The SMILES string of the molecule is Cc1cc(C)n([C@@H](C)CNC(=O)c2cccc(CCC(C)(C)O)c2)n1. The molecule has 1 amide bonds. The van der Waals surface area contributed by atoms with Crippen molar-refractivity contribution in [2.75, 3.05) is 6.54 Å². The van der Waals surface area contributed by atoms with Crippen LogP contribution in [0.3, 0.4) is 0 Å².